The number of aromatic nitrogens is 2. The van der Waals surface area contributed by atoms with Gasteiger partial charge in [0.2, 0.25) is 0 Å². The lowest BCUT2D eigenvalue weighted by Crippen LogP contribution is -2.28. The number of para-hydroxylation sites is 1. The average molecular weight is 438 g/mol. The number of nitrogens with zero attached hydrogens (tertiary/aromatic N) is 3. The molecule has 3 rings (SSSR count). The zero-order chi connectivity index (χ0) is 22.8. The molecule has 1 aromatic heterocycles. The van der Waals surface area contributed by atoms with E-state index in [1.807, 2.05) is 36.4 Å². The number of imidazole rings is 1. The Hall–Kier alpha value is -2.86. The van der Waals surface area contributed by atoms with Crippen LogP contribution in [0.25, 0.3) is 11.0 Å². The van der Waals surface area contributed by atoms with Crippen LogP contribution in [0, 0.1) is 0 Å². The largest absolute Gasteiger partial charge is 0.486 e. The van der Waals surface area contributed by atoms with Crippen molar-refractivity contribution in [2.45, 2.75) is 59.1 Å². The Bertz CT molecular complexity index is 977. The number of ether oxygens (including phenoxy) is 1. The number of carboxylic acids is 1. The first-order valence-corrected chi connectivity index (χ1v) is 11.7. The van der Waals surface area contributed by atoms with Crippen molar-refractivity contribution in [3.63, 3.8) is 0 Å². The number of rotatable bonds is 14. The zero-order valence-corrected chi connectivity index (χ0v) is 19.3. The Morgan fingerprint density at radius 3 is 2.34 bits per heavy atom. The Labute approximate surface area is 190 Å². The van der Waals surface area contributed by atoms with Crippen molar-refractivity contribution in [1.82, 2.24) is 14.5 Å². The third kappa shape index (κ3) is 6.57. The molecule has 0 radical (unpaired) electrons. The monoisotopic (exact) mass is 437 g/mol. The van der Waals surface area contributed by atoms with Crippen LogP contribution in [-0.4, -0.2) is 45.2 Å². The van der Waals surface area contributed by atoms with Crippen molar-refractivity contribution in [3.8, 4) is 5.75 Å². The number of carboxylic acid groups (broad SMARTS) is 1. The highest BCUT2D eigenvalue weighted by molar-refractivity contribution is 5.92. The van der Waals surface area contributed by atoms with Crippen LogP contribution in [-0.2, 0) is 13.2 Å². The number of aryl methyl sites for hydroxylation is 1. The molecule has 0 unspecified atom stereocenters. The highest BCUT2D eigenvalue weighted by atomic mass is 16.5. The van der Waals surface area contributed by atoms with Crippen LogP contribution in [0.15, 0.2) is 48.5 Å². The Morgan fingerprint density at radius 1 is 1.00 bits per heavy atom. The number of aromatic carboxylic acids is 1. The number of benzene rings is 2. The zero-order valence-electron chi connectivity index (χ0n) is 19.3. The summed E-state index contributed by atoms with van der Waals surface area (Å²) in [5, 5.41) is 9.35. The second-order valence-electron chi connectivity index (χ2n) is 8.19. The minimum absolute atomic E-state index is 0.253. The number of hydrogen-bond acceptors (Lipinski definition) is 4. The number of hydrogen-bond donors (Lipinski definition) is 1. The summed E-state index contributed by atoms with van der Waals surface area (Å²) in [6.45, 7) is 8.98. The first-order valence-electron chi connectivity index (χ1n) is 11.7. The van der Waals surface area contributed by atoms with E-state index >= 15 is 0 Å². The molecule has 0 spiro atoms. The molecule has 3 aromatic rings. The second-order valence-corrected chi connectivity index (χ2v) is 8.19. The molecule has 172 valence electrons. The lowest BCUT2D eigenvalue weighted by Gasteiger charge is -2.22. The van der Waals surface area contributed by atoms with E-state index < -0.39 is 5.97 Å². The molecule has 0 aliphatic carbocycles. The normalized spacial score (nSPS) is 11.3. The van der Waals surface area contributed by atoms with Gasteiger partial charge in [-0.05, 0) is 69.2 Å². The Kier molecular flexibility index (Phi) is 9.11. The van der Waals surface area contributed by atoms with E-state index in [0.29, 0.717) is 12.1 Å². The van der Waals surface area contributed by atoms with E-state index in [2.05, 4.69) is 23.3 Å². The SMILES string of the molecule is CCCCN(CCCC)CCCn1c(COc2ccccc2)nc2cc(C(=O)O)ccc21. The van der Waals surface area contributed by atoms with Crippen molar-refractivity contribution < 1.29 is 14.6 Å². The molecule has 0 aliphatic rings. The van der Waals surface area contributed by atoms with Gasteiger partial charge in [0.05, 0.1) is 16.6 Å². The fourth-order valence-electron chi connectivity index (χ4n) is 3.89. The van der Waals surface area contributed by atoms with Crippen molar-refractivity contribution in [1.29, 1.82) is 0 Å². The predicted molar refractivity (Wildman–Crippen MR) is 128 cm³/mol. The maximum atomic E-state index is 11.4. The molecular formula is C26H35N3O3. The molecule has 1 N–H and O–H groups in total. The molecule has 1 heterocycles. The summed E-state index contributed by atoms with van der Waals surface area (Å²) in [6.07, 6.45) is 5.89. The van der Waals surface area contributed by atoms with Gasteiger partial charge in [0.15, 0.2) is 0 Å². The lowest BCUT2D eigenvalue weighted by atomic mass is 10.2. The van der Waals surface area contributed by atoms with Gasteiger partial charge in [-0.15, -0.1) is 0 Å². The molecule has 0 saturated heterocycles. The smallest absolute Gasteiger partial charge is 0.335 e. The second kappa shape index (κ2) is 12.2. The summed E-state index contributed by atoms with van der Waals surface area (Å²) in [5.41, 5.74) is 1.91. The summed E-state index contributed by atoms with van der Waals surface area (Å²) in [7, 11) is 0. The summed E-state index contributed by atoms with van der Waals surface area (Å²) in [5.74, 6) is 0.675. The molecule has 0 bridgehead atoms. The molecule has 2 aromatic carbocycles. The minimum atomic E-state index is -0.939. The van der Waals surface area contributed by atoms with E-state index in [4.69, 9.17) is 9.72 Å². The first kappa shape index (κ1) is 23.8. The first-order chi connectivity index (χ1) is 15.6. The molecular weight excluding hydrogens is 402 g/mol. The van der Waals surface area contributed by atoms with E-state index in [1.54, 1.807) is 12.1 Å². The highest BCUT2D eigenvalue weighted by Gasteiger charge is 2.14. The van der Waals surface area contributed by atoms with Crippen LogP contribution in [0.2, 0.25) is 0 Å². The van der Waals surface area contributed by atoms with Gasteiger partial charge in [0.1, 0.15) is 18.2 Å². The summed E-state index contributed by atoms with van der Waals surface area (Å²) in [4.78, 5) is 18.7. The minimum Gasteiger partial charge on any atom is -0.486 e. The molecule has 0 amide bonds. The molecule has 0 fully saturated rings. The van der Waals surface area contributed by atoms with Crippen LogP contribution in [0.1, 0.15) is 62.1 Å². The standard InChI is InChI=1S/C26H35N3O3/c1-3-5-15-28(16-6-4-2)17-10-18-29-24-14-13-21(26(30)31)19-23(24)27-25(29)20-32-22-11-8-7-9-12-22/h7-9,11-14,19H,3-6,10,15-18,20H2,1-2H3,(H,30,31). The van der Waals surface area contributed by atoms with Crippen LogP contribution in [0.3, 0.4) is 0 Å². The predicted octanol–water partition coefficient (Wildman–Crippen LogP) is 5.61. The van der Waals surface area contributed by atoms with Gasteiger partial charge in [0.25, 0.3) is 0 Å². The van der Waals surface area contributed by atoms with E-state index in [0.717, 1.165) is 49.7 Å². The van der Waals surface area contributed by atoms with Gasteiger partial charge >= 0.3 is 5.97 Å². The average Bonchev–Trinajstić information content (AvgIpc) is 3.16. The third-order valence-electron chi connectivity index (χ3n) is 5.70. The number of carbonyl (C=O) groups is 1. The van der Waals surface area contributed by atoms with Gasteiger partial charge in [-0.2, -0.15) is 0 Å². The van der Waals surface area contributed by atoms with Gasteiger partial charge in [-0.1, -0.05) is 44.9 Å². The molecule has 6 nitrogen and oxygen atoms in total. The van der Waals surface area contributed by atoms with Crippen molar-refractivity contribution in [2.75, 3.05) is 19.6 Å². The van der Waals surface area contributed by atoms with Gasteiger partial charge in [-0.25, -0.2) is 9.78 Å². The summed E-state index contributed by atoms with van der Waals surface area (Å²) < 4.78 is 8.15. The molecule has 6 heteroatoms. The van der Waals surface area contributed by atoms with E-state index in [9.17, 15) is 9.90 Å². The van der Waals surface area contributed by atoms with Crippen LogP contribution in [0.4, 0.5) is 0 Å². The van der Waals surface area contributed by atoms with Crippen molar-refractivity contribution >= 4 is 17.0 Å². The van der Waals surface area contributed by atoms with Crippen LogP contribution in [0.5, 0.6) is 5.75 Å². The fourth-order valence-corrected chi connectivity index (χ4v) is 3.89. The van der Waals surface area contributed by atoms with Crippen molar-refractivity contribution in [3.05, 3.63) is 59.9 Å². The maximum absolute atomic E-state index is 11.4. The highest BCUT2D eigenvalue weighted by Crippen LogP contribution is 2.21. The van der Waals surface area contributed by atoms with Gasteiger partial charge < -0.3 is 19.3 Å². The summed E-state index contributed by atoms with van der Waals surface area (Å²) >= 11 is 0. The molecule has 0 aliphatic heterocycles. The van der Waals surface area contributed by atoms with E-state index in [1.165, 1.54) is 25.7 Å². The Morgan fingerprint density at radius 2 is 1.69 bits per heavy atom. The van der Waals surface area contributed by atoms with Crippen LogP contribution < -0.4 is 4.74 Å². The van der Waals surface area contributed by atoms with Crippen molar-refractivity contribution in [2.24, 2.45) is 0 Å². The maximum Gasteiger partial charge on any atom is 0.335 e. The topological polar surface area (TPSA) is 67.6 Å². The summed E-state index contributed by atoms with van der Waals surface area (Å²) in [6, 6.07) is 14.9. The van der Waals surface area contributed by atoms with Gasteiger partial charge in [0, 0.05) is 6.54 Å². The molecule has 0 saturated carbocycles. The fraction of sp³-hybridized carbons (Fsp3) is 0.462. The van der Waals surface area contributed by atoms with Crippen LogP contribution >= 0.6 is 0 Å². The lowest BCUT2D eigenvalue weighted by molar-refractivity contribution is 0.0697. The quantitative estimate of drug-likeness (QED) is 0.355. The van der Waals surface area contributed by atoms with Gasteiger partial charge in [-0.3, -0.25) is 0 Å². The number of fused-ring (bicyclic) bond motifs is 1. The molecule has 0 atom stereocenters. The van der Waals surface area contributed by atoms with E-state index in [-0.39, 0.29) is 5.56 Å². The third-order valence-corrected chi connectivity index (χ3v) is 5.70. The number of unbranched alkanes of at least 4 members (excludes halogenated alkanes) is 2. The molecule has 32 heavy (non-hydrogen) atoms. The Balaban J connectivity index is 1.76.